The molecule has 3 aliphatic rings. The van der Waals surface area contributed by atoms with E-state index in [1.807, 2.05) is 12.1 Å². The minimum absolute atomic E-state index is 0. The van der Waals surface area contributed by atoms with Gasteiger partial charge in [0, 0.05) is 32.7 Å². The maximum absolute atomic E-state index is 13.4. The molecule has 180 valence electrons. The molecule has 33 heavy (non-hydrogen) atoms. The highest BCUT2D eigenvalue weighted by Gasteiger charge is 2.31. The first kappa shape index (κ1) is 24.7. The van der Waals surface area contributed by atoms with Crippen LogP contribution in [0, 0.1) is 5.92 Å². The molecule has 2 aromatic rings. The molecule has 0 N–H and O–H groups in total. The van der Waals surface area contributed by atoms with Gasteiger partial charge in [-0.1, -0.05) is 55.7 Å². The molecule has 0 spiro atoms. The Morgan fingerprint density at radius 2 is 1.55 bits per heavy atom. The Hall–Kier alpha value is -1.40. The van der Waals surface area contributed by atoms with Crippen LogP contribution in [0.15, 0.2) is 53.4 Å². The molecule has 0 bridgehead atoms. The van der Waals surface area contributed by atoms with Crippen molar-refractivity contribution in [1.82, 2.24) is 9.21 Å². The number of piperidine rings is 1. The van der Waals surface area contributed by atoms with Gasteiger partial charge in [0.15, 0.2) is 0 Å². The zero-order chi connectivity index (χ0) is 22.0. The second kappa shape index (κ2) is 10.9. The van der Waals surface area contributed by atoms with E-state index >= 15 is 0 Å². The second-order valence-corrected chi connectivity index (χ2v) is 12.0. The van der Waals surface area contributed by atoms with Gasteiger partial charge in [-0.25, -0.2) is 8.42 Å². The fourth-order valence-corrected chi connectivity index (χ4v) is 7.52. The van der Waals surface area contributed by atoms with Gasteiger partial charge >= 0.3 is 0 Å². The highest BCUT2D eigenvalue weighted by Crippen LogP contribution is 2.33. The number of hydrogen-bond acceptors (Lipinski definition) is 3. The van der Waals surface area contributed by atoms with Crippen LogP contribution in [-0.4, -0.2) is 43.8 Å². The lowest BCUT2D eigenvalue weighted by molar-refractivity contribution is 0.167. The molecule has 1 aliphatic carbocycles. The van der Waals surface area contributed by atoms with Gasteiger partial charge in [0.05, 0.1) is 4.90 Å². The smallest absolute Gasteiger partial charge is 0.243 e. The number of fused-ring (bicyclic) bond motifs is 1. The van der Waals surface area contributed by atoms with Crippen LogP contribution >= 0.6 is 12.4 Å². The highest BCUT2D eigenvalue weighted by atomic mass is 35.5. The van der Waals surface area contributed by atoms with E-state index in [9.17, 15) is 8.42 Å². The monoisotopic (exact) mass is 488 g/mol. The molecule has 1 unspecified atom stereocenters. The van der Waals surface area contributed by atoms with Crippen LogP contribution < -0.4 is 0 Å². The number of sulfonamides is 1. The summed E-state index contributed by atoms with van der Waals surface area (Å²) in [6.45, 7) is 4.34. The molecule has 6 heteroatoms. The molecule has 1 atom stereocenters. The molecule has 0 amide bonds. The molecule has 4 nitrogen and oxygen atoms in total. The number of halogens is 1. The average molecular weight is 489 g/mol. The van der Waals surface area contributed by atoms with Crippen molar-refractivity contribution in [3.8, 4) is 0 Å². The van der Waals surface area contributed by atoms with E-state index in [-0.39, 0.29) is 12.4 Å². The molecule has 0 aromatic heterocycles. The zero-order valence-electron chi connectivity index (χ0n) is 19.5. The Bertz CT molecular complexity index is 1020. The molecule has 0 radical (unpaired) electrons. The van der Waals surface area contributed by atoms with E-state index in [2.05, 4.69) is 41.3 Å². The van der Waals surface area contributed by atoms with Crippen molar-refractivity contribution in [2.24, 2.45) is 5.92 Å². The lowest BCUT2D eigenvalue weighted by atomic mass is 9.84. The van der Waals surface area contributed by atoms with Crippen molar-refractivity contribution in [3.05, 3.63) is 65.2 Å². The molecular formula is C27H37ClN2O2S. The SMILES string of the molecule is Cl.O=S(=O)(c1ccc(C2CCCCC2)cc1)N1CCCC(CN2CCc3ccccc3C2)C1. The van der Waals surface area contributed by atoms with E-state index < -0.39 is 10.0 Å². The van der Waals surface area contributed by atoms with Crippen LogP contribution in [0.25, 0.3) is 0 Å². The minimum Gasteiger partial charge on any atom is -0.298 e. The quantitative estimate of drug-likeness (QED) is 0.548. The molecule has 2 aromatic carbocycles. The van der Waals surface area contributed by atoms with Gasteiger partial charge in [0.2, 0.25) is 10.0 Å². The Kier molecular flexibility index (Phi) is 8.16. The Morgan fingerprint density at radius 3 is 2.30 bits per heavy atom. The molecule has 5 rings (SSSR count). The Morgan fingerprint density at radius 1 is 0.818 bits per heavy atom. The van der Waals surface area contributed by atoms with Gasteiger partial charge in [-0.05, 0) is 72.8 Å². The standard InChI is InChI=1S/C27H36N2O2S.ClH/c30-32(31,27-14-12-25(13-15-27)23-8-2-1-3-9-23)29-17-6-7-22(20-29)19-28-18-16-24-10-4-5-11-26(24)21-28;/h4-5,10-15,22-23H,1-3,6-9,16-21H2;1H. The van der Waals surface area contributed by atoms with Crippen molar-refractivity contribution in [2.45, 2.75) is 68.7 Å². The predicted octanol–water partition coefficient (Wildman–Crippen LogP) is 5.62. The molecular weight excluding hydrogens is 452 g/mol. The highest BCUT2D eigenvalue weighted by molar-refractivity contribution is 7.89. The average Bonchev–Trinajstić information content (AvgIpc) is 2.85. The first-order valence-electron chi connectivity index (χ1n) is 12.5. The number of rotatable bonds is 5. The van der Waals surface area contributed by atoms with Crippen LogP contribution in [-0.2, 0) is 23.0 Å². The minimum atomic E-state index is -3.42. The van der Waals surface area contributed by atoms with Gasteiger partial charge in [0.1, 0.15) is 0 Å². The fourth-order valence-electron chi connectivity index (χ4n) is 5.97. The second-order valence-electron chi connectivity index (χ2n) is 10.0. The molecule has 1 saturated heterocycles. The van der Waals surface area contributed by atoms with Crippen LogP contribution in [0.4, 0.5) is 0 Å². The third-order valence-corrected chi connectivity index (χ3v) is 9.68. The summed E-state index contributed by atoms with van der Waals surface area (Å²) >= 11 is 0. The molecule has 1 saturated carbocycles. The van der Waals surface area contributed by atoms with Gasteiger partial charge in [-0.2, -0.15) is 4.31 Å². The van der Waals surface area contributed by atoms with Crippen molar-refractivity contribution in [2.75, 3.05) is 26.2 Å². The summed E-state index contributed by atoms with van der Waals surface area (Å²) in [6, 6.07) is 16.5. The first-order valence-corrected chi connectivity index (χ1v) is 13.9. The van der Waals surface area contributed by atoms with E-state index in [0.29, 0.717) is 29.8 Å². The predicted molar refractivity (Wildman–Crippen MR) is 136 cm³/mol. The summed E-state index contributed by atoms with van der Waals surface area (Å²) in [5.74, 6) is 1.01. The largest absolute Gasteiger partial charge is 0.298 e. The van der Waals surface area contributed by atoms with Gasteiger partial charge < -0.3 is 0 Å². The van der Waals surface area contributed by atoms with Crippen LogP contribution in [0.2, 0.25) is 0 Å². The van der Waals surface area contributed by atoms with E-state index in [1.54, 1.807) is 4.31 Å². The third-order valence-electron chi connectivity index (χ3n) is 7.80. The van der Waals surface area contributed by atoms with Crippen molar-refractivity contribution >= 4 is 22.4 Å². The Labute approximate surface area is 205 Å². The molecule has 2 heterocycles. The van der Waals surface area contributed by atoms with Crippen LogP contribution in [0.1, 0.15) is 67.6 Å². The number of benzene rings is 2. The number of nitrogens with zero attached hydrogens (tertiary/aromatic N) is 2. The van der Waals surface area contributed by atoms with Crippen molar-refractivity contribution < 1.29 is 8.42 Å². The van der Waals surface area contributed by atoms with E-state index in [0.717, 1.165) is 38.9 Å². The van der Waals surface area contributed by atoms with Gasteiger partial charge in [-0.15, -0.1) is 12.4 Å². The molecule has 2 aliphatic heterocycles. The normalized spacial score (nSPS) is 23.0. The first-order chi connectivity index (χ1) is 15.6. The van der Waals surface area contributed by atoms with Gasteiger partial charge in [0.25, 0.3) is 0 Å². The summed E-state index contributed by atoms with van der Waals surface area (Å²) < 4.78 is 28.5. The third kappa shape index (κ3) is 5.64. The van der Waals surface area contributed by atoms with Crippen molar-refractivity contribution in [3.63, 3.8) is 0 Å². The fraction of sp³-hybridized carbons (Fsp3) is 0.556. The summed E-state index contributed by atoms with van der Waals surface area (Å²) in [4.78, 5) is 2.98. The van der Waals surface area contributed by atoms with E-state index in [1.165, 1.54) is 48.8 Å². The summed E-state index contributed by atoms with van der Waals surface area (Å²) in [6.07, 6.45) is 9.56. The summed E-state index contributed by atoms with van der Waals surface area (Å²) in [7, 11) is -3.42. The van der Waals surface area contributed by atoms with Crippen molar-refractivity contribution in [1.29, 1.82) is 0 Å². The molecule has 2 fully saturated rings. The van der Waals surface area contributed by atoms with Crippen LogP contribution in [0.5, 0.6) is 0 Å². The zero-order valence-corrected chi connectivity index (χ0v) is 21.1. The number of hydrogen-bond donors (Lipinski definition) is 0. The lowest BCUT2D eigenvalue weighted by Crippen LogP contribution is -2.44. The maximum Gasteiger partial charge on any atom is 0.243 e. The lowest BCUT2D eigenvalue weighted by Gasteiger charge is -2.36. The summed E-state index contributed by atoms with van der Waals surface area (Å²) in [5.41, 5.74) is 4.20. The maximum atomic E-state index is 13.4. The summed E-state index contributed by atoms with van der Waals surface area (Å²) in [5, 5.41) is 0. The Balaban J connectivity index is 0.00000259. The van der Waals surface area contributed by atoms with E-state index in [4.69, 9.17) is 0 Å². The topological polar surface area (TPSA) is 40.6 Å². The van der Waals surface area contributed by atoms with Crippen LogP contribution in [0.3, 0.4) is 0 Å². The van der Waals surface area contributed by atoms with Gasteiger partial charge in [-0.3, -0.25) is 4.90 Å².